The van der Waals surface area contributed by atoms with Gasteiger partial charge in [-0.3, -0.25) is 4.79 Å². The molecule has 3 rings (SSSR count). The van der Waals surface area contributed by atoms with Crippen molar-refractivity contribution in [2.75, 3.05) is 6.54 Å². The van der Waals surface area contributed by atoms with Crippen LogP contribution < -0.4 is 5.73 Å². The van der Waals surface area contributed by atoms with Gasteiger partial charge in [-0.1, -0.05) is 12.2 Å². The predicted octanol–water partition coefficient (Wildman–Crippen LogP) is -0.861. The minimum atomic E-state index is -1.44. The quantitative estimate of drug-likeness (QED) is 0.439. The highest BCUT2D eigenvalue weighted by molar-refractivity contribution is 6.43. The van der Waals surface area contributed by atoms with Crippen molar-refractivity contribution in [3.8, 4) is 0 Å². The van der Waals surface area contributed by atoms with Crippen LogP contribution in [0.5, 0.6) is 0 Å². The van der Waals surface area contributed by atoms with Gasteiger partial charge in [-0.2, -0.15) is 0 Å². The van der Waals surface area contributed by atoms with E-state index < -0.39 is 13.1 Å². The maximum Gasteiger partial charge on any atom is 0.475 e. The highest BCUT2D eigenvalue weighted by Gasteiger charge is 2.49. The summed E-state index contributed by atoms with van der Waals surface area (Å²) in [5.74, 6) is -0.0410. The van der Waals surface area contributed by atoms with Crippen LogP contribution in [0.2, 0.25) is 0 Å². The molecular weight excluding hydrogens is 231 g/mol. The van der Waals surface area contributed by atoms with Crippen LogP contribution in [0.3, 0.4) is 0 Å². The number of hydrogen-bond donors (Lipinski definition) is 3. The number of carbonyl (C=O) groups is 1. The molecular formula is C12H19BN2O3. The van der Waals surface area contributed by atoms with Crippen molar-refractivity contribution in [3.63, 3.8) is 0 Å². The minimum absolute atomic E-state index is 0.00921. The van der Waals surface area contributed by atoms with E-state index in [1.165, 1.54) is 0 Å². The van der Waals surface area contributed by atoms with E-state index in [1.807, 2.05) is 0 Å². The van der Waals surface area contributed by atoms with Gasteiger partial charge in [-0.05, 0) is 31.1 Å². The zero-order valence-electron chi connectivity index (χ0n) is 10.3. The summed E-state index contributed by atoms with van der Waals surface area (Å²) in [6, 6.07) is -0.107. The lowest BCUT2D eigenvalue weighted by atomic mass is 9.77. The third kappa shape index (κ3) is 1.71. The Labute approximate surface area is 107 Å². The molecule has 0 radical (unpaired) electrons. The van der Waals surface area contributed by atoms with E-state index in [4.69, 9.17) is 5.73 Å². The van der Waals surface area contributed by atoms with Crippen molar-refractivity contribution in [3.05, 3.63) is 12.2 Å². The number of carbonyl (C=O) groups excluding carboxylic acids is 1. The molecule has 18 heavy (non-hydrogen) atoms. The highest BCUT2D eigenvalue weighted by Crippen LogP contribution is 2.44. The Hall–Kier alpha value is -0.845. The molecule has 4 N–H and O–H groups in total. The number of amides is 1. The second-order valence-electron chi connectivity index (χ2n) is 5.71. The van der Waals surface area contributed by atoms with Gasteiger partial charge in [0.1, 0.15) is 0 Å². The van der Waals surface area contributed by atoms with Crippen molar-refractivity contribution in [2.24, 2.45) is 23.5 Å². The molecule has 0 spiro atoms. The fourth-order valence-electron chi connectivity index (χ4n) is 3.78. The number of hydrogen-bond acceptors (Lipinski definition) is 4. The summed E-state index contributed by atoms with van der Waals surface area (Å²) in [6.07, 6.45) is 6.67. The van der Waals surface area contributed by atoms with E-state index >= 15 is 0 Å². The van der Waals surface area contributed by atoms with Gasteiger partial charge in [-0.25, -0.2) is 0 Å². The number of allylic oxidation sites excluding steroid dienone is 1. The molecule has 2 aliphatic carbocycles. The van der Waals surface area contributed by atoms with Crippen molar-refractivity contribution in [1.82, 2.24) is 4.90 Å². The van der Waals surface area contributed by atoms with E-state index in [0.717, 1.165) is 12.8 Å². The lowest BCUT2D eigenvalue weighted by molar-refractivity contribution is -0.136. The summed E-state index contributed by atoms with van der Waals surface area (Å²) in [4.78, 5) is 14.2. The smallest absolute Gasteiger partial charge is 0.426 e. The maximum absolute atomic E-state index is 12.6. The first-order chi connectivity index (χ1) is 8.59. The molecule has 1 aliphatic heterocycles. The van der Waals surface area contributed by atoms with Crippen molar-refractivity contribution in [2.45, 2.75) is 31.2 Å². The standard InChI is InChI=1S/C12H19BN2O3/c14-11-8-4-3-7(6-8)10(11)12(16)15-5-1-2-9(15)13(17)18/h3-4,7-11,17-18H,1-2,5-6,14H2/t7-,8+,9-,10+,11-/m0/s1. The Bertz CT molecular complexity index is 388. The summed E-state index contributed by atoms with van der Waals surface area (Å²) >= 11 is 0. The average molecular weight is 250 g/mol. The Morgan fingerprint density at radius 2 is 2.06 bits per heavy atom. The second kappa shape index (κ2) is 4.37. The summed E-state index contributed by atoms with van der Waals surface area (Å²) in [5.41, 5.74) is 6.13. The van der Waals surface area contributed by atoms with Crippen LogP contribution in [0.4, 0.5) is 0 Å². The first-order valence-electron chi connectivity index (χ1n) is 6.70. The molecule has 1 saturated carbocycles. The SMILES string of the molecule is N[C@@H]1[C@H](C(=O)N2CCC[C@H]2B(O)O)[C@H]2C=C[C@@H]1C2. The monoisotopic (exact) mass is 250 g/mol. The normalized spacial score (nSPS) is 41.7. The first kappa shape index (κ1) is 12.2. The molecule has 5 atom stereocenters. The van der Waals surface area contributed by atoms with Gasteiger partial charge in [0.05, 0.1) is 11.9 Å². The molecule has 0 aromatic rings. The topological polar surface area (TPSA) is 86.8 Å². The van der Waals surface area contributed by atoms with E-state index in [-0.39, 0.29) is 23.8 Å². The van der Waals surface area contributed by atoms with Gasteiger partial charge in [0.2, 0.25) is 5.91 Å². The van der Waals surface area contributed by atoms with Gasteiger partial charge in [0.25, 0.3) is 0 Å². The Balaban J connectivity index is 1.77. The largest absolute Gasteiger partial charge is 0.475 e. The lowest BCUT2D eigenvalue weighted by Crippen LogP contribution is -2.51. The third-order valence-corrected chi connectivity index (χ3v) is 4.73. The molecule has 0 unspecified atom stereocenters. The van der Waals surface area contributed by atoms with Crippen LogP contribution in [0.25, 0.3) is 0 Å². The highest BCUT2D eigenvalue weighted by atomic mass is 16.4. The summed E-state index contributed by atoms with van der Waals surface area (Å²) < 4.78 is 0. The van der Waals surface area contributed by atoms with Crippen LogP contribution >= 0.6 is 0 Å². The number of rotatable bonds is 2. The van der Waals surface area contributed by atoms with Crippen LogP contribution in [-0.2, 0) is 4.79 Å². The third-order valence-electron chi connectivity index (χ3n) is 4.73. The minimum Gasteiger partial charge on any atom is -0.426 e. The molecule has 3 aliphatic rings. The molecule has 98 valence electrons. The Kier molecular flexibility index (Phi) is 2.96. The molecule has 5 nitrogen and oxygen atoms in total. The number of fused-ring (bicyclic) bond motifs is 2. The molecule has 1 heterocycles. The Morgan fingerprint density at radius 1 is 1.33 bits per heavy atom. The van der Waals surface area contributed by atoms with Crippen molar-refractivity contribution in [1.29, 1.82) is 0 Å². The molecule has 0 aromatic heterocycles. The predicted molar refractivity (Wildman–Crippen MR) is 67.1 cm³/mol. The molecule has 2 fully saturated rings. The molecule has 1 amide bonds. The number of nitrogens with two attached hydrogens (primary N) is 1. The lowest BCUT2D eigenvalue weighted by Gasteiger charge is -2.31. The van der Waals surface area contributed by atoms with Crippen molar-refractivity contribution < 1.29 is 14.8 Å². The Morgan fingerprint density at radius 3 is 2.67 bits per heavy atom. The van der Waals surface area contributed by atoms with E-state index in [9.17, 15) is 14.8 Å². The van der Waals surface area contributed by atoms with E-state index in [1.54, 1.807) is 4.90 Å². The average Bonchev–Trinajstić information content (AvgIpc) is 3.03. The molecule has 1 saturated heterocycles. The molecule has 0 aromatic carbocycles. The van der Waals surface area contributed by atoms with E-state index in [0.29, 0.717) is 18.9 Å². The maximum atomic E-state index is 12.6. The van der Waals surface area contributed by atoms with Crippen LogP contribution in [0.15, 0.2) is 12.2 Å². The van der Waals surface area contributed by atoms with Gasteiger partial charge in [0.15, 0.2) is 0 Å². The number of nitrogens with zero attached hydrogens (tertiary/aromatic N) is 1. The summed E-state index contributed by atoms with van der Waals surface area (Å²) in [7, 11) is -1.44. The summed E-state index contributed by atoms with van der Waals surface area (Å²) in [5, 5.41) is 18.7. The van der Waals surface area contributed by atoms with Crippen molar-refractivity contribution >= 4 is 13.0 Å². The fraction of sp³-hybridized carbons (Fsp3) is 0.750. The van der Waals surface area contributed by atoms with Gasteiger partial charge >= 0.3 is 7.12 Å². The molecule has 6 heteroatoms. The van der Waals surface area contributed by atoms with Crippen LogP contribution in [0.1, 0.15) is 19.3 Å². The first-order valence-corrected chi connectivity index (χ1v) is 6.70. The molecule has 2 bridgehead atoms. The van der Waals surface area contributed by atoms with Gasteiger partial charge in [-0.15, -0.1) is 0 Å². The zero-order valence-corrected chi connectivity index (χ0v) is 10.3. The van der Waals surface area contributed by atoms with Crippen LogP contribution in [0, 0.1) is 17.8 Å². The van der Waals surface area contributed by atoms with Gasteiger partial charge < -0.3 is 20.7 Å². The summed E-state index contributed by atoms with van der Waals surface area (Å²) in [6.45, 7) is 0.617. The van der Waals surface area contributed by atoms with E-state index in [2.05, 4.69) is 12.2 Å². The zero-order chi connectivity index (χ0) is 12.9. The fourth-order valence-corrected chi connectivity index (χ4v) is 3.78. The van der Waals surface area contributed by atoms with Crippen LogP contribution in [-0.4, -0.2) is 46.5 Å². The van der Waals surface area contributed by atoms with Gasteiger partial charge in [0, 0.05) is 12.6 Å². The number of likely N-dealkylation sites (tertiary alicyclic amines) is 1. The second-order valence-corrected chi connectivity index (χ2v) is 5.71.